The van der Waals surface area contributed by atoms with Gasteiger partial charge >= 0.3 is 0 Å². The minimum absolute atomic E-state index is 0.207. The quantitative estimate of drug-likeness (QED) is 0.655. The third kappa shape index (κ3) is 3.99. The van der Waals surface area contributed by atoms with Crippen molar-refractivity contribution in [3.63, 3.8) is 0 Å². The van der Waals surface area contributed by atoms with E-state index in [0.29, 0.717) is 5.56 Å². The number of carbonyl (C=O) groups excluding carboxylic acids is 1. The first-order valence-electron chi connectivity index (χ1n) is 5.74. The second kappa shape index (κ2) is 6.43. The van der Waals surface area contributed by atoms with Gasteiger partial charge in [0, 0.05) is 34.1 Å². The normalized spacial score (nSPS) is 10.8. The van der Waals surface area contributed by atoms with Crippen LogP contribution in [0.3, 0.4) is 0 Å². The fourth-order valence-corrected chi connectivity index (χ4v) is 1.83. The Labute approximate surface area is 123 Å². The lowest BCUT2D eigenvalue weighted by Gasteiger charge is -2.01. The zero-order valence-corrected chi connectivity index (χ0v) is 11.8. The molecule has 2 rings (SSSR count). The minimum atomic E-state index is -0.680. The number of anilines is 1. The molecule has 20 heavy (non-hydrogen) atoms. The van der Waals surface area contributed by atoms with E-state index < -0.39 is 11.6 Å². The number of halogens is 3. The highest BCUT2D eigenvalue weighted by Gasteiger charge is 2.01. The van der Waals surface area contributed by atoms with E-state index in [0.717, 1.165) is 22.7 Å². The van der Waals surface area contributed by atoms with Gasteiger partial charge in [0.1, 0.15) is 11.6 Å². The highest BCUT2D eigenvalue weighted by Crippen LogP contribution is 2.13. The molecule has 0 unspecified atom stereocenters. The SMILES string of the molecule is O=C(C=CNc1cc(F)cc(F)c1)c1ccc(Br)cc1. The van der Waals surface area contributed by atoms with Gasteiger partial charge in [-0.2, -0.15) is 0 Å². The first kappa shape index (κ1) is 14.4. The van der Waals surface area contributed by atoms with Gasteiger partial charge < -0.3 is 5.32 Å². The fraction of sp³-hybridized carbons (Fsp3) is 0. The predicted octanol–water partition coefficient (Wildman–Crippen LogP) is 4.54. The molecule has 0 aliphatic rings. The maximum absolute atomic E-state index is 12.9. The van der Waals surface area contributed by atoms with Crippen LogP contribution >= 0.6 is 15.9 Å². The number of nitrogens with one attached hydrogen (secondary N) is 1. The molecule has 0 aromatic heterocycles. The molecule has 0 saturated carbocycles. The smallest absolute Gasteiger partial charge is 0.187 e. The Balaban J connectivity index is 2.02. The Morgan fingerprint density at radius 2 is 1.65 bits per heavy atom. The van der Waals surface area contributed by atoms with Crippen molar-refractivity contribution in [3.05, 3.63) is 76.4 Å². The number of benzene rings is 2. The standard InChI is InChI=1S/C15H10BrF2NO/c16-11-3-1-10(2-4-11)15(20)5-6-19-14-8-12(17)7-13(18)9-14/h1-9,19H. The summed E-state index contributed by atoms with van der Waals surface area (Å²) in [6.07, 6.45) is 2.64. The van der Waals surface area contributed by atoms with Crippen molar-refractivity contribution in [1.82, 2.24) is 0 Å². The van der Waals surface area contributed by atoms with E-state index >= 15 is 0 Å². The average molecular weight is 338 g/mol. The summed E-state index contributed by atoms with van der Waals surface area (Å²) in [5.41, 5.74) is 0.763. The summed E-state index contributed by atoms with van der Waals surface area (Å²) in [6, 6.07) is 9.93. The van der Waals surface area contributed by atoms with Gasteiger partial charge in [-0.05, 0) is 36.4 Å². The van der Waals surface area contributed by atoms with E-state index in [1.54, 1.807) is 24.3 Å². The van der Waals surface area contributed by atoms with E-state index in [-0.39, 0.29) is 11.5 Å². The number of carbonyl (C=O) groups is 1. The summed E-state index contributed by atoms with van der Waals surface area (Å²) in [4.78, 5) is 11.8. The molecule has 1 N–H and O–H groups in total. The molecular formula is C15H10BrF2NO. The highest BCUT2D eigenvalue weighted by molar-refractivity contribution is 9.10. The fourth-order valence-electron chi connectivity index (χ4n) is 1.56. The van der Waals surface area contributed by atoms with E-state index in [1.165, 1.54) is 12.3 Å². The summed E-state index contributed by atoms with van der Waals surface area (Å²) in [5, 5.41) is 2.65. The maximum atomic E-state index is 12.9. The largest absolute Gasteiger partial charge is 0.361 e. The Morgan fingerprint density at radius 1 is 1.05 bits per heavy atom. The first-order chi connectivity index (χ1) is 9.54. The lowest BCUT2D eigenvalue weighted by Crippen LogP contribution is -1.96. The van der Waals surface area contributed by atoms with Gasteiger partial charge in [-0.15, -0.1) is 0 Å². The van der Waals surface area contributed by atoms with Gasteiger partial charge in [-0.1, -0.05) is 15.9 Å². The molecule has 0 heterocycles. The molecule has 0 saturated heterocycles. The highest BCUT2D eigenvalue weighted by atomic mass is 79.9. The maximum Gasteiger partial charge on any atom is 0.187 e. The molecule has 2 nitrogen and oxygen atoms in total. The molecule has 0 fully saturated rings. The van der Waals surface area contributed by atoms with Crippen LogP contribution in [0.25, 0.3) is 0 Å². The Hall–Kier alpha value is -2.01. The molecule has 2 aromatic carbocycles. The van der Waals surface area contributed by atoms with E-state index in [1.807, 2.05) is 0 Å². The summed E-state index contributed by atoms with van der Waals surface area (Å²) >= 11 is 3.28. The van der Waals surface area contributed by atoms with Crippen molar-refractivity contribution in [1.29, 1.82) is 0 Å². The van der Waals surface area contributed by atoms with Crippen molar-refractivity contribution in [2.45, 2.75) is 0 Å². The van der Waals surface area contributed by atoms with E-state index in [9.17, 15) is 13.6 Å². The zero-order valence-electron chi connectivity index (χ0n) is 10.2. The number of allylic oxidation sites excluding steroid dienone is 1. The summed E-state index contributed by atoms with van der Waals surface area (Å²) in [5.74, 6) is -1.57. The van der Waals surface area contributed by atoms with Crippen molar-refractivity contribution in [2.24, 2.45) is 0 Å². The predicted molar refractivity (Wildman–Crippen MR) is 77.6 cm³/mol. The van der Waals surface area contributed by atoms with E-state index in [2.05, 4.69) is 21.2 Å². The Morgan fingerprint density at radius 3 is 2.25 bits per heavy atom. The lowest BCUT2D eigenvalue weighted by atomic mass is 10.1. The lowest BCUT2D eigenvalue weighted by molar-refractivity contribution is 0.104. The second-order valence-corrected chi connectivity index (χ2v) is 4.92. The molecule has 0 aliphatic heterocycles. The molecule has 0 amide bonds. The van der Waals surface area contributed by atoms with Gasteiger partial charge in [-0.25, -0.2) is 8.78 Å². The van der Waals surface area contributed by atoms with Crippen molar-refractivity contribution >= 4 is 27.4 Å². The van der Waals surface area contributed by atoms with Crippen LogP contribution in [0.2, 0.25) is 0 Å². The van der Waals surface area contributed by atoms with Crippen LogP contribution in [0.4, 0.5) is 14.5 Å². The van der Waals surface area contributed by atoms with Crippen LogP contribution in [-0.4, -0.2) is 5.78 Å². The topological polar surface area (TPSA) is 29.1 Å². The monoisotopic (exact) mass is 337 g/mol. The molecule has 0 bridgehead atoms. The van der Waals surface area contributed by atoms with Crippen LogP contribution in [0.15, 0.2) is 59.2 Å². The van der Waals surface area contributed by atoms with Gasteiger partial charge in [-0.3, -0.25) is 4.79 Å². The first-order valence-corrected chi connectivity index (χ1v) is 6.53. The van der Waals surface area contributed by atoms with Crippen LogP contribution < -0.4 is 5.32 Å². The van der Waals surface area contributed by atoms with Gasteiger partial charge in [0.2, 0.25) is 0 Å². The minimum Gasteiger partial charge on any atom is -0.361 e. The van der Waals surface area contributed by atoms with Crippen LogP contribution in [0.1, 0.15) is 10.4 Å². The van der Waals surface area contributed by atoms with Crippen molar-refractivity contribution in [3.8, 4) is 0 Å². The molecule has 5 heteroatoms. The molecule has 0 atom stereocenters. The molecule has 0 radical (unpaired) electrons. The van der Waals surface area contributed by atoms with E-state index in [4.69, 9.17) is 0 Å². The number of hydrogen-bond acceptors (Lipinski definition) is 2. The van der Waals surface area contributed by atoms with Crippen molar-refractivity contribution in [2.75, 3.05) is 5.32 Å². The molecular weight excluding hydrogens is 328 g/mol. The average Bonchev–Trinajstić information content (AvgIpc) is 2.38. The molecule has 102 valence electrons. The van der Waals surface area contributed by atoms with Crippen molar-refractivity contribution < 1.29 is 13.6 Å². The summed E-state index contributed by atoms with van der Waals surface area (Å²) in [6.45, 7) is 0. The molecule has 2 aromatic rings. The van der Waals surface area contributed by atoms with Gasteiger partial charge in [0.15, 0.2) is 5.78 Å². The zero-order chi connectivity index (χ0) is 14.5. The number of hydrogen-bond donors (Lipinski definition) is 1. The molecule has 0 aliphatic carbocycles. The van der Waals surface area contributed by atoms with Gasteiger partial charge in [0.25, 0.3) is 0 Å². The van der Waals surface area contributed by atoms with Crippen LogP contribution in [-0.2, 0) is 0 Å². The summed E-state index contributed by atoms with van der Waals surface area (Å²) in [7, 11) is 0. The third-order valence-corrected chi connectivity index (χ3v) is 3.00. The van der Waals surface area contributed by atoms with Gasteiger partial charge in [0.05, 0.1) is 0 Å². The Bertz CT molecular complexity index is 633. The van der Waals surface area contributed by atoms with Crippen LogP contribution in [0, 0.1) is 11.6 Å². The molecule has 0 spiro atoms. The Kier molecular flexibility index (Phi) is 4.63. The van der Waals surface area contributed by atoms with Crippen LogP contribution in [0.5, 0.6) is 0 Å². The second-order valence-electron chi connectivity index (χ2n) is 4.01. The number of rotatable bonds is 4. The third-order valence-electron chi connectivity index (χ3n) is 2.48. The number of ketones is 1. The summed E-state index contributed by atoms with van der Waals surface area (Å²) < 4.78 is 26.8.